The Morgan fingerprint density at radius 2 is 2.06 bits per heavy atom. The van der Waals surface area contributed by atoms with Crippen LogP contribution in [0.2, 0.25) is 5.02 Å². The smallest absolute Gasteiger partial charge is 0.303 e. The van der Waals surface area contributed by atoms with Gasteiger partial charge in [-0.2, -0.15) is 0 Å². The van der Waals surface area contributed by atoms with Crippen LogP contribution in [0.3, 0.4) is 0 Å². The Hall–Kier alpha value is -1.55. The van der Waals surface area contributed by atoms with Gasteiger partial charge in [-0.05, 0) is 31.0 Å². The summed E-state index contributed by atoms with van der Waals surface area (Å²) in [5.74, 6) is -1.09. The van der Waals surface area contributed by atoms with Crippen molar-refractivity contribution in [2.45, 2.75) is 26.2 Å². The lowest BCUT2D eigenvalue weighted by molar-refractivity contribution is -0.137. The van der Waals surface area contributed by atoms with Gasteiger partial charge in [-0.1, -0.05) is 17.7 Å². The van der Waals surface area contributed by atoms with Crippen molar-refractivity contribution < 1.29 is 14.7 Å². The van der Waals surface area contributed by atoms with Crippen molar-refractivity contribution >= 4 is 29.2 Å². The highest BCUT2D eigenvalue weighted by Gasteiger charge is 2.06. The molecule has 1 amide bonds. The van der Waals surface area contributed by atoms with E-state index in [1.54, 1.807) is 12.1 Å². The fourth-order valence-electron chi connectivity index (χ4n) is 1.34. The maximum Gasteiger partial charge on any atom is 0.303 e. The highest BCUT2D eigenvalue weighted by Crippen LogP contribution is 2.20. The third-order valence-corrected chi connectivity index (χ3v) is 2.50. The van der Waals surface area contributed by atoms with Gasteiger partial charge in [0.1, 0.15) is 0 Å². The van der Waals surface area contributed by atoms with Gasteiger partial charge in [-0.25, -0.2) is 0 Å². The lowest BCUT2D eigenvalue weighted by Gasteiger charge is -2.08. The molecule has 0 radical (unpaired) electrons. The second-order valence-electron chi connectivity index (χ2n) is 3.75. The van der Waals surface area contributed by atoms with Gasteiger partial charge in [-0.3, -0.25) is 9.59 Å². The predicted octanol–water partition coefficient (Wildman–Crippen LogP) is 2.84. The van der Waals surface area contributed by atoms with E-state index in [1.165, 1.54) is 0 Å². The minimum Gasteiger partial charge on any atom is -0.481 e. The summed E-state index contributed by atoms with van der Waals surface area (Å²) >= 11 is 5.82. The Balaban J connectivity index is 2.50. The number of carbonyl (C=O) groups excluding carboxylic acids is 1. The summed E-state index contributed by atoms with van der Waals surface area (Å²) in [6.07, 6.45) is 0.529. The fourth-order valence-corrected chi connectivity index (χ4v) is 1.51. The Kier molecular flexibility index (Phi) is 4.97. The van der Waals surface area contributed by atoms with Crippen LogP contribution in [0, 0.1) is 6.92 Å². The molecule has 1 rings (SSSR count). The van der Waals surface area contributed by atoms with E-state index in [0.29, 0.717) is 17.1 Å². The van der Waals surface area contributed by atoms with Crippen molar-refractivity contribution in [3.05, 3.63) is 28.8 Å². The topological polar surface area (TPSA) is 66.4 Å². The molecule has 4 nitrogen and oxygen atoms in total. The molecule has 5 heteroatoms. The molecule has 0 atom stereocenters. The van der Waals surface area contributed by atoms with Crippen molar-refractivity contribution in [1.82, 2.24) is 0 Å². The second kappa shape index (κ2) is 6.25. The number of aliphatic carboxylic acids is 1. The van der Waals surface area contributed by atoms with Crippen molar-refractivity contribution in [3.63, 3.8) is 0 Å². The quantitative estimate of drug-likeness (QED) is 0.850. The molecule has 1 aromatic rings. The van der Waals surface area contributed by atoms with E-state index >= 15 is 0 Å². The summed E-state index contributed by atoms with van der Waals surface area (Å²) in [5, 5.41) is 11.7. The average molecular weight is 256 g/mol. The largest absolute Gasteiger partial charge is 0.481 e. The minimum atomic E-state index is -0.892. The molecule has 0 spiro atoms. The molecule has 0 unspecified atom stereocenters. The lowest BCUT2D eigenvalue weighted by atomic mass is 10.2. The summed E-state index contributed by atoms with van der Waals surface area (Å²) < 4.78 is 0. The van der Waals surface area contributed by atoms with Crippen molar-refractivity contribution in [1.29, 1.82) is 0 Å². The third kappa shape index (κ3) is 4.87. The van der Waals surface area contributed by atoms with Crippen LogP contribution in [0.1, 0.15) is 24.8 Å². The zero-order chi connectivity index (χ0) is 12.8. The standard InChI is InChI=1S/C12H14ClNO3/c1-8-5-6-9(13)7-10(8)14-11(15)3-2-4-12(16)17/h5-7H,2-4H2,1H3,(H,14,15)(H,16,17). The number of nitrogens with one attached hydrogen (secondary N) is 1. The average Bonchev–Trinajstić information content (AvgIpc) is 2.23. The van der Waals surface area contributed by atoms with E-state index in [2.05, 4.69) is 5.32 Å². The highest BCUT2D eigenvalue weighted by molar-refractivity contribution is 6.31. The molecule has 2 N–H and O–H groups in total. The third-order valence-electron chi connectivity index (χ3n) is 2.27. The van der Waals surface area contributed by atoms with Gasteiger partial charge in [0.05, 0.1) is 0 Å². The number of amides is 1. The molecular formula is C12H14ClNO3. The van der Waals surface area contributed by atoms with Crippen molar-refractivity contribution in [3.8, 4) is 0 Å². The SMILES string of the molecule is Cc1ccc(Cl)cc1NC(=O)CCCC(=O)O. The van der Waals surface area contributed by atoms with Crippen LogP contribution >= 0.6 is 11.6 Å². The molecule has 0 aliphatic heterocycles. The number of rotatable bonds is 5. The maximum atomic E-state index is 11.5. The first kappa shape index (κ1) is 13.5. The molecule has 0 bridgehead atoms. The molecule has 17 heavy (non-hydrogen) atoms. The molecule has 0 aromatic heterocycles. The molecule has 1 aromatic carbocycles. The Morgan fingerprint density at radius 1 is 1.35 bits per heavy atom. The van der Waals surface area contributed by atoms with E-state index in [0.717, 1.165) is 5.56 Å². The van der Waals surface area contributed by atoms with Crippen LogP contribution in [-0.4, -0.2) is 17.0 Å². The van der Waals surface area contributed by atoms with E-state index < -0.39 is 5.97 Å². The van der Waals surface area contributed by atoms with Gasteiger partial charge in [0.25, 0.3) is 0 Å². The van der Waals surface area contributed by atoms with E-state index in [9.17, 15) is 9.59 Å². The van der Waals surface area contributed by atoms with Crippen LogP contribution in [0.25, 0.3) is 0 Å². The number of halogens is 1. The number of anilines is 1. The van der Waals surface area contributed by atoms with Gasteiger partial charge in [0.2, 0.25) is 5.91 Å². The lowest BCUT2D eigenvalue weighted by Crippen LogP contribution is -2.12. The second-order valence-corrected chi connectivity index (χ2v) is 4.19. The number of hydrogen-bond donors (Lipinski definition) is 2. The van der Waals surface area contributed by atoms with Crippen LogP contribution in [0.4, 0.5) is 5.69 Å². The van der Waals surface area contributed by atoms with Gasteiger partial charge >= 0.3 is 5.97 Å². The van der Waals surface area contributed by atoms with Crippen molar-refractivity contribution in [2.75, 3.05) is 5.32 Å². The monoisotopic (exact) mass is 255 g/mol. The van der Waals surface area contributed by atoms with Crippen LogP contribution < -0.4 is 5.32 Å². The number of carboxylic acids is 1. The molecule has 0 fully saturated rings. The predicted molar refractivity (Wildman–Crippen MR) is 66.3 cm³/mol. The maximum absolute atomic E-state index is 11.5. The van der Waals surface area contributed by atoms with Crippen LogP contribution in [-0.2, 0) is 9.59 Å². The Morgan fingerprint density at radius 3 is 2.71 bits per heavy atom. The fraction of sp³-hybridized carbons (Fsp3) is 0.333. The van der Waals surface area contributed by atoms with Gasteiger partial charge < -0.3 is 10.4 Å². The van der Waals surface area contributed by atoms with E-state index in [4.69, 9.17) is 16.7 Å². The summed E-state index contributed by atoms with van der Waals surface area (Å²) in [6.45, 7) is 1.86. The van der Waals surface area contributed by atoms with Crippen molar-refractivity contribution in [2.24, 2.45) is 0 Å². The molecule has 0 saturated carbocycles. The number of benzene rings is 1. The van der Waals surface area contributed by atoms with Crippen LogP contribution in [0.15, 0.2) is 18.2 Å². The molecule has 0 aliphatic rings. The molecular weight excluding hydrogens is 242 g/mol. The molecule has 0 heterocycles. The summed E-state index contributed by atoms with van der Waals surface area (Å²) in [7, 11) is 0. The number of carboxylic acid groups (broad SMARTS) is 1. The highest BCUT2D eigenvalue weighted by atomic mass is 35.5. The van der Waals surface area contributed by atoms with Gasteiger partial charge in [0, 0.05) is 23.6 Å². The zero-order valence-electron chi connectivity index (χ0n) is 9.50. The number of carbonyl (C=O) groups is 2. The van der Waals surface area contributed by atoms with Gasteiger partial charge in [0.15, 0.2) is 0 Å². The van der Waals surface area contributed by atoms with E-state index in [1.807, 2.05) is 13.0 Å². The van der Waals surface area contributed by atoms with Crippen LogP contribution in [0.5, 0.6) is 0 Å². The van der Waals surface area contributed by atoms with Gasteiger partial charge in [-0.15, -0.1) is 0 Å². The molecule has 0 aliphatic carbocycles. The summed E-state index contributed by atoms with van der Waals surface area (Å²) in [6, 6.07) is 5.23. The Bertz CT molecular complexity index is 432. The number of aryl methyl sites for hydroxylation is 1. The van der Waals surface area contributed by atoms with E-state index in [-0.39, 0.29) is 18.7 Å². The minimum absolute atomic E-state index is 0.00193. The summed E-state index contributed by atoms with van der Waals surface area (Å²) in [5.41, 5.74) is 1.58. The Labute approximate surface area is 105 Å². The number of hydrogen-bond acceptors (Lipinski definition) is 2. The first-order valence-corrected chi connectivity index (χ1v) is 5.64. The zero-order valence-corrected chi connectivity index (χ0v) is 10.3. The first-order chi connectivity index (χ1) is 7.99. The first-order valence-electron chi connectivity index (χ1n) is 5.27. The molecule has 92 valence electrons. The summed E-state index contributed by atoms with van der Waals surface area (Å²) in [4.78, 5) is 21.8. The normalized spacial score (nSPS) is 10.0. The molecule has 0 saturated heterocycles.